The van der Waals surface area contributed by atoms with E-state index in [9.17, 15) is 9.59 Å². The van der Waals surface area contributed by atoms with Crippen LogP contribution in [-0.2, 0) is 4.79 Å². The number of aliphatic carboxylic acids is 1. The van der Waals surface area contributed by atoms with Crippen molar-refractivity contribution in [2.75, 3.05) is 13.6 Å². The molecule has 6 heteroatoms. The molecule has 0 aliphatic heterocycles. The highest BCUT2D eigenvalue weighted by molar-refractivity contribution is 5.94. The molecule has 1 amide bonds. The third kappa shape index (κ3) is 2.98. The highest BCUT2D eigenvalue weighted by Crippen LogP contribution is 2.20. The summed E-state index contributed by atoms with van der Waals surface area (Å²) in [7, 11) is 1.40. The van der Waals surface area contributed by atoms with Crippen LogP contribution < -0.4 is 0 Å². The van der Waals surface area contributed by atoms with Crippen LogP contribution in [0.15, 0.2) is 40.9 Å². The van der Waals surface area contributed by atoms with E-state index in [1.807, 2.05) is 30.3 Å². The second-order valence-electron chi connectivity index (χ2n) is 4.00. The van der Waals surface area contributed by atoms with Gasteiger partial charge in [-0.25, -0.2) is 0 Å². The lowest BCUT2D eigenvalue weighted by atomic mass is 10.1. The first kappa shape index (κ1) is 12.8. The van der Waals surface area contributed by atoms with Gasteiger partial charge in [0.05, 0.1) is 0 Å². The van der Waals surface area contributed by atoms with Gasteiger partial charge < -0.3 is 14.5 Å². The van der Waals surface area contributed by atoms with Gasteiger partial charge in [-0.1, -0.05) is 35.5 Å². The van der Waals surface area contributed by atoms with E-state index in [1.165, 1.54) is 13.1 Å². The minimum Gasteiger partial charge on any atom is -0.480 e. The predicted molar refractivity (Wildman–Crippen MR) is 66.5 cm³/mol. The molecule has 0 bridgehead atoms. The Morgan fingerprint density at radius 2 is 2.00 bits per heavy atom. The zero-order valence-corrected chi connectivity index (χ0v) is 10.2. The minimum absolute atomic E-state index is 0.0857. The van der Waals surface area contributed by atoms with Gasteiger partial charge >= 0.3 is 5.97 Å². The molecule has 0 saturated carbocycles. The third-order valence-electron chi connectivity index (χ3n) is 2.51. The molecule has 0 spiro atoms. The summed E-state index contributed by atoms with van der Waals surface area (Å²) >= 11 is 0. The number of rotatable bonds is 4. The van der Waals surface area contributed by atoms with Crippen LogP contribution in [0.5, 0.6) is 0 Å². The fraction of sp³-hybridized carbons (Fsp3) is 0.154. The molecule has 1 aromatic heterocycles. The van der Waals surface area contributed by atoms with Gasteiger partial charge in [0.2, 0.25) is 0 Å². The summed E-state index contributed by atoms with van der Waals surface area (Å²) in [5.41, 5.74) is 0.887. The Balaban J connectivity index is 2.17. The molecular formula is C13H12N2O4. The van der Waals surface area contributed by atoms with E-state index in [1.54, 1.807) is 0 Å². The van der Waals surface area contributed by atoms with E-state index in [0.29, 0.717) is 5.76 Å². The molecule has 0 radical (unpaired) electrons. The quantitative estimate of drug-likeness (QED) is 0.900. The molecule has 0 aliphatic rings. The van der Waals surface area contributed by atoms with E-state index in [0.717, 1.165) is 10.5 Å². The minimum atomic E-state index is -1.08. The number of nitrogens with zero attached hydrogens (tertiary/aromatic N) is 2. The number of carbonyl (C=O) groups excluding carboxylic acids is 1. The summed E-state index contributed by atoms with van der Waals surface area (Å²) in [5.74, 6) is -1.11. The van der Waals surface area contributed by atoms with Crippen LogP contribution in [0.2, 0.25) is 0 Å². The Labute approximate surface area is 109 Å². The summed E-state index contributed by atoms with van der Waals surface area (Å²) in [6, 6.07) is 10.7. The first-order chi connectivity index (χ1) is 9.08. The van der Waals surface area contributed by atoms with Gasteiger partial charge in [0.1, 0.15) is 6.54 Å². The van der Waals surface area contributed by atoms with Crippen LogP contribution >= 0.6 is 0 Å². The SMILES string of the molecule is CN(CC(=O)O)C(=O)c1cc(-c2ccccc2)on1. The molecule has 0 unspecified atom stereocenters. The van der Waals surface area contributed by atoms with Crippen LogP contribution in [0.3, 0.4) is 0 Å². The van der Waals surface area contributed by atoms with Crippen LogP contribution in [0.1, 0.15) is 10.5 Å². The van der Waals surface area contributed by atoms with Crippen molar-refractivity contribution in [1.29, 1.82) is 0 Å². The van der Waals surface area contributed by atoms with Gasteiger partial charge in [-0.05, 0) is 0 Å². The number of benzene rings is 1. The number of amides is 1. The average molecular weight is 260 g/mol. The van der Waals surface area contributed by atoms with Crippen LogP contribution in [0.25, 0.3) is 11.3 Å². The molecule has 1 heterocycles. The van der Waals surface area contributed by atoms with E-state index in [2.05, 4.69) is 5.16 Å². The molecular weight excluding hydrogens is 248 g/mol. The normalized spacial score (nSPS) is 10.2. The maximum atomic E-state index is 11.9. The highest BCUT2D eigenvalue weighted by atomic mass is 16.5. The molecule has 98 valence electrons. The van der Waals surface area contributed by atoms with Crippen LogP contribution in [-0.4, -0.2) is 40.6 Å². The topological polar surface area (TPSA) is 83.6 Å². The average Bonchev–Trinajstić information content (AvgIpc) is 2.87. The van der Waals surface area contributed by atoms with Gasteiger partial charge in [-0.2, -0.15) is 0 Å². The largest absolute Gasteiger partial charge is 0.480 e. The van der Waals surface area contributed by atoms with E-state index in [4.69, 9.17) is 9.63 Å². The van der Waals surface area contributed by atoms with Crippen molar-refractivity contribution in [1.82, 2.24) is 10.1 Å². The van der Waals surface area contributed by atoms with Gasteiger partial charge in [-0.15, -0.1) is 0 Å². The zero-order chi connectivity index (χ0) is 13.8. The first-order valence-electron chi connectivity index (χ1n) is 5.57. The monoisotopic (exact) mass is 260 g/mol. The number of carboxylic acids is 1. The van der Waals surface area contributed by atoms with Crippen molar-refractivity contribution in [2.24, 2.45) is 0 Å². The van der Waals surface area contributed by atoms with E-state index >= 15 is 0 Å². The summed E-state index contributed by atoms with van der Waals surface area (Å²) < 4.78 is 5.08. The Hall–Kier alpha value is -2.63. The van der Waals surface area contributed by atoms with Crippen LogP contribution in [0, 0.1) is 0 Å². The Kier molecular flexibility index (Phi) is 3.61. The van der Waals surface area contributed by atoms with Gasteiger partial charge in [0.15, 0.2) is 11.5 Å². The second-order valence-corrected chi connectivity index (χ2v) is 4.00. The van der Waals surface area contributed by atoms with Gasteiger partial charge in [-0.3, -0.25) is 9.59 Å². The molecule has 0 saturated heterocycles. The number of likely N-dealkylation sites (N-methyl/N-ethyl adjacent to an activating group) is 1. The fourth-order valence-corrected chi connectivity index (χ4v) is 1.58. The number of hydrogen-bond acceptors (Lipinski definition) is 4. The number of aromatic nitrogens is 1. The maximum absolute atomic E-state index is 11.9. The first-order valence-corrected chi connectivity index (χ1v) is 5.57. The highest BCUT2D eigenvalue weighted by Gasteiger charge is 2.19. The predicted octanol–water partition coefficient (Wildman–Crippen LogP) is 1.50. The summed E-state index contributed by atoms with van der Waals surface area (Å²) in [4.78, 5) is 23.5. The number of carboxylic acid groups (broad SMARTS) is 1. The molecule has 6 nitrogen and oxygen atoms in total. The Morgan fingerprint density at radius 1 is 1.32 bits per heavy atom. The Bertz CT molecular complexity index is 592. The zero-order valence-electron chi connectivity index (χ0n) is 10.2. The smallest absolute Gasteiger partial charge is 0.323 e. The molecule has 1 aromatic carbocycles. The van der Waals surface area contributed by atoms with E-state index < -0.39 is 11.9 Å². The summed E-state index contributed by atoms with van der Waals surface area (Å²) in [5, 5.41) is 12.3. The van der Waals surface area contributed by atoms with Crippen molar-refractivity contribution in [3.8, 4) is 11.3 Å². The molecule has 2 rings (SSSR count). The molecule has 0 fully saturated rings. The molecule has 0 aliphatic carbocycles. The lowest BCUT2D eigenvalue weighted by molar-refractivity contribution is -0.137. The van der Waals surface area contributed by atoms with Crippen LogP contribution in [0.4, 0.5) is 0 Å². The number of carbonyl (C=O) groups is 2. The van der Waals surface area contributed by atoms with Crippen molar-refractivity contribution in [3.05, 3.63) is 42.1 Å². The maximum Gasteiger partial charge on any atom is 0.323 e. The third-order valence-corrected chi connectivity index (χ3v) is 2.51. The van der Waals surface area contributed by atoms with Crippen molar-refractivity contribution < 1.29 is 19.2 Å². The van der Waals surface area contributed by atoms with Crippen molar-refractivity contribution in [2.45, 2.75) is 0 Å². The Morgan fingerprint density at radius 3 is 2.63 bits per heavy atom. The lowest BCUT2D eigenvalue weighted by Crippen LogP contribution is -2.32. The summed E-state index contributed by atoms with van der Waals surface area (Å²) in [6.07, 6.45) is 0. The van der Waals surface area contributed by atoms with Crippen molar-refractivity contribution >= 4 is 11.9 Å². The lowest BCUT2D eigenvalue weighted by Gasteiger charge is -2.11. The molecule has 1 N–H and O–H groups in total. The standard InChI is InChI=1S/C13H12N2O4/c1-15(8-12(16)17)13(18)10-7-11(19-14-10)9-5-3-2-4-6-9/h2-7H,8H2,1H3,(H,16,17). The van der Waals surface area contributed by atoms with Crippen molar-refractivity contribution in [3.63, 3.8) is 0 Å². The van der Waals surface area contributed by atoms with Gasteiger partial charge in [0, 0.05) is 18.7 Å². The fourth-order valence-electron chi connectivity index (χ4n) is 1.58. The molecule has 19 heavy (non-hydrogen) atoms. The summed E-state index contributed by atoms with van der Waals surface area (Å²) in [6.45, 7) is -0.383. The molecule has 2 aromatic rings. The molecule has 0 atom stereocenters. The van der Waals surface area contributed by atoms with E-state index in [-0.39, 0.29) is 12.2 Å². The van der Waals surface area contributed by atoms with Gasteiger partial charge in [0.25, 0.3) is 5.91 Å². The number of hydrogen-bond donors (Lipinski definition) is 1. The second kappa shape index (κ2) is 5.34.